The van der Waals surface area contributed by atoms with Gasteiger partial charge >= 0.3 is 5.91 Å². The van der Waals surface area contributed by atoms with E-state index < -0.39 is 0 Å². The first-order valence-electron chi connectivity index (χ1n) is 10.9. The van der Waals surface area contributed by atoms with Crippen LogP contribution in [-0.4, -0.2) is 50.2 Å². The summed E-state index contributed by atoms with van der Waals surface area (Å²) in [4.78, 5) is 12.6. The summed E-state index contributed by atoms with van der Waals surface area (Å²) in [6.07, 6.45) is 8.62. The van der Waals surface area contributed by atoms with Crippen molar-refractivity contribution in [2.75, 3.05) is 39.8 Å². The Bertz CT molecular complexity index is 670. The number of hydrogen-bond acceptors (Lipinski definition) is 3. The lowest BCUT2D eigenvalue weighted by atomic mass is 9.48. The molecular formula is C23H33N2O2+. The van der Waals surface area contributed by atoms with Crippen molar-refractivity contribution in [3.63, 3.8) is 0 Å². The average molecular weight is 370 g/mol. The molecule has 1 aromatic carbocycles. The Kier molecular flexibility index (Phi) is 4.32. The third kappa shape index (κ3) is 3.21. The molecule has 1 saturated heterocycles. The van der Waals surface area contributed by atoms with Gasteiger partial charge in [-0.15, -0.1) is 0 Å². The number of hydrogen-bond donors (Lipinski definition) is 1. The molecule has 5 fully saturated rings. The first-order valence-corrected chi connectivity index (χ1v) is 10.9. The Hall–Kier alpha value is -1.39. The minimum atomic E-state index is 0.174. The second kappa shape index (κ2) is 6.59. The van der Waals surface area contributed by atoms with Crippen molar-refractivity contribution in [2.24, 2.45) is 17.8 Å². The molecule has 4 aliphatic carbocycles. The van der Waals surface area contributed by atoms with Gasteiger partial charge in [-0.3, -0.25) is 4.48 Å². The number of likely N-dealkylation sites (N-methyl/N-ethyl adjacent to an activating group) is 1. The normalized spacial score (nSPS) is 36.6. The van der Waals surface area contributed by atoms with Crippen LogP contribution in [0.2, 0.25) is 0 Å². The molecule has 27 heavy (non-hydrogen) atoms. The minimum absolute atomic E-state index is 0.174. The second-order valence-electron chi connectivity index (χ2n) is 10.00. The zero-order valence-corrected chi connectivity index (χ0v) is 16.6. The summed E-state index contributed by atoms with van der Waals surface area (Å²) < 4.78 is 6.36. The van der Waals surface area contributed by atoms with Crippen molar-refractivity contribution in [1.82, 2.24) is 5.32 Å². The number of quaternary nitrogens is 1. The fourth-order valence-corrected chi connectivity index (χ4v) is 6.81. The van der Waals surface area contributed by atoms with Crippen LogP contribution in [0.1, 0.15) is 44.1 Å². The molecule has 4 heteroatoms. The van der Waals surface area contributed by atoms with E-state index in [1.807, 2.05) is 7.05 Å². The van der Waals surface area contributed by atoms with Gasteiger partial charge in [0.15, 0.2) is 0 Å². The van der Waals surface area contributed by atoms with Gasteiger partial charge in [-0.05, 0) is 79.4 Å². The number of piperazine rings is 1. The Morgan fingerprint density at radius 2 is 1.59 bits per heavy atom. The number of carbonyl (C=O) groups excluding carboxylic acids is 1. The highest BCUT2D eigenvalue weighted by Crippen LogP contribution is 2.60. The standard InChI is InChI=1S/C23H33N2O2/c1-25(8-6-24-7-9-25)22(26)16-27-21-4-2-20(3-5-21)23-13-17-10-18(14-23)12-19(11-17)15-23/h2-5,17-19,24H,6-16H2,1H3/q+1. The van der Waals surface area contributed by atoms with E-state index in [-0.39, 0.29) is 12.5 Å². The number of nitrogens with zero attached hydrogens (tertiary/aromatic N) is 1. The minimum Gasteiger partial charge on any atom is -0.479 e. The first-order chi connectivity index (χ1) is 13.0. The van der Waals surface area contributed by atoms with Gasteiger partial charge in [0, 0.05) is 13.1 Å². The molecule has 4 nitrogen and oxygen atoms in total. The van der Waals surface area contributed by atoms with E-state index in [9.17, 15) is 4.79 Å². The fraction of sp³-hybridized carbons (Fsp3) is 0.696. The maximum atomic E-state index is 12.6. The van der Waals surface area contributed by atoms with E-state index >= 15 is 0 Å². The Morgan fingerprint density at radius 3 is 2.15 bits per heavy atom. The summed E-state index contributed by atoms with van der Waals surface area (Å²) in [6, 6.07) is 8.76. The van der Waals surface area contributed by atoms with Gasteiger partial charge in [-0.1, -0.05) is 12.1 Å². The topological polar surface area (TPSA) is 38.3 Å². The van der Waals surface area contributed by atoms with Crippen LogP contribution in [0.25, 0.3) is 0 Å². The molecule has 0 aromatic heterocycles. The predicted octanol–water partition coefficient (Wildman–Crippen LogP) is 3.11. The van der Waals surface area contributed by atoms with Crippen molar-refractivity contribution < 1.29 is 14.0 Å². The Labute approximate surface area is 162 Å². The molecule has 146 valence electrons. The highest BCUT2D eigenvalue weighted by molar-refractivity contribution is 5.70. The van der Waals surface area contributed by atoms with Gasteiger partial charge in [-0.25, -0.2) is 4.79 Å². The van der Waals surface area contributed by atoms with E-state index in [4.69, 9.17) is 4.74 Å². The van der Waals surface area contributed by atoms with E-state index in [0.717, 1.165) is 49.7 Å². The van der Waals surface area contributed by atoms with Crippen molar-refractivity contribution in [3.8, 4) is 5.75 Å². The highest BCUT2D eigenvalue weighted by atomic mass is 16.5. The smallest absolute Gasteiger partial charge is 0.351 e. The molecule has 1 aromatic rings. The summed E-state index contributed by atoms with van der Waals surface area (Å²) in [5.41, 5.74) is 1.95. The number of rotatable bonds is 4. The fourth-order valence-electron chi connectivity index (χ4n) is 6.81. The van der Waals surface area contributed by atoms with E-state index in [1.165, 1.54) is 44.1 Å². The van der Waals surface area contributed by atoms with Gasteiger partial charge in [0.2, 0.25) is 6.61 Å². The molecule has 0 spiro atoms. The Balaban J connectivity index is 1.24. The molecule has 5 aliphatic rings. The first kappa shape index (κ1) is 17.7. The van der Waals surface area contributed by atoms with Crippen LogP contribution in [0.15, 0.2) is 24.3 Å². The van der Waals surface area contributed by atoms with Crippen LogP contribution in [0.5, 0.6) is 5.75 Å². The molecule has 0 unspecified atom stereocenters. The van der Waals surface area contributed by atoms with E-state index in [2.05, 4.69) is 29.6 Å². The van der Waals surface area contributed by atoms with Gasteiger partial charge in [0.05, 0.1) is 20.1 Å². The second-order valence-corrected chi connectivity index (χ2v) is 10.00. The van der Waals surface area contributed by atoms with Crippen LogP contribution in [0.3, 0.4) is 0 Å². The maximum absolute atomic E-state index is 12.6. The lowest BCUT2D eigenvalue weighted by Crippen LogP contribution is -2.60. The zero-order chi connectivity index (χ0) is 18.5. The molecule has 1 N–H and O–H groups in total. The van der Waals surface area contributed by atoms with Crippen LogP contribution in [0, 0.1) is 17.8 Å². The van der Waals surface area contributed by atoms with Crippen LogP contribution >= 0.6 is 0 Å². The van der Waals surface area contributed by atoms with Gasteiger partial charge in [0.1, 0.15) is 5.75 Å². The number of ether oxygens (including phenoxy) is 1. The SMILES string of the molecule is C[N+]1(C(=O)COc2ccc(C34CC5CC(CC(C5)C3)C4)cc2)CCNCC1. The average Bonchev–Trinajstić information content (AvgIpc) is 2.66. The molecule has 1 aliphatic heterocycles. The lowest BCUT2D eigenvalue weighted by molar-refractivity contribution is -0.836. The van der Waals surface area contributed by atoms with Gasteiger partial charge in [-0.2, -0.15) is 0 Å². The number of amides is 1. The molecule has 1 amide bonds. The third-order valence-corrected chi connectivity index (χ3v) is 8.03. The molecule has 4 bridgehead atoms. The van der Waals surface area contributed by atoms with Crippen molar-refractivity contribution in [1.29, 1.82) is 0 Å². The quantitative estimate of drug-likeness (QED) is 0.829. The predicted molar refractivity (Wildman–Crippen MR) is 106 cm³/mol. The van der Waals surface area contributed by atoms with Crippen molar-refractivity contribution in [3.05, 3.63) is 29.8 Å². The van der Waals surface area contributed by atoms with Crippen LogP contribution < -0.4 is 10.1 Å². The molecule has 1 heterocycles. The largest absolute Gasteiger partial charge is 0.479 e. The Morgan fingerprint density at radius 1 is 1.04 bits per heavy atom. The molecule has 0 atom stereocenters. The van der Waals surface area contributed by atoms with Gasteiger partial charge in [0.25, 0.3) is 0 Å². The molecule has 4 saturated carbocycles. The van der Waals surface area contributed by atoms with Gasteiger partial charge < -0.3 is 10.1 Å². The number of nitrogens with one attached hydrogen (secondary N) is 1. The third-order valence-electron chi connectivity index (χ3n) is 8.03. The van der Waals surface area contributed by atoms with E-state index in [1.54, 1.807) is 0 Å². The summed E-state index contributed by atoms with van der Waals surface area (Å²) in [5.74, 6) is 3.91. The monoisotopic (exact) mass is 369 g/mol. The number of carbonyl (C=O) groups is 1. The highest BCUT2D eigenvalue weighted by Gasteiger charge is 2.51. The van der Waals surface area contributed by atoms with Crippen molar-refractivity contribution >= 4 is 5.91 Å². The van der Waals surface area contributed by atoms with E-state index in [0.29, 0.717) is 9.90 Å². The maximum Gasteiger partial charge on any atom is 0.351 e. The molecular weight excluding hydrogens is 336 g/mol. The molecule has 0 radical (unpaired) electrons. The molecule has 6 rings (SSSR count). The zero-order valence-electron chi connectivity index (χ0n) is 16.6. The summed E-state index contributed by atoms with van der Waals surface area (Å²) >= 11 is 0. The van der Waals surface area contributed by atoms with Crippen LogP contribution in [0.4, 0.5) is 0 Å². The van der Waals surface area contributed by atoms with Crippen molar-refractivity contribution in [2.45, 2.75) is 43.9 Å². The number of benzene rings is 1. The summed E-state index contributed by atoms with van der Waals surface area (Å²) in [6.45, 7) is 3.69. The van der Waals surface area contributed by atoms with Crippen LogP contribution in [-0.2, 0) is 10.2 Å². The summed E-state index contributed by atoms with van der Waals surface area (Å²) in [5, 5.41) is 3.32. The summed E-state index contributed by atoms with van der Waals surface area (Å²) in [7, 11) is 2.03. The lowest BCUT2D eigenvalue weighted by Gasteiger charge is -2.57.